The molecule has 0 radical (unpaired) electrons. The van der Waals surface area contributed by atoms with E-state index in [0.717, 1.165) is 27.2 Å². The number of rotatable bonds is 4. The molecule has 0 saturated heterocycles. The van der Waals surface area contributed by atoms with Crippen LogP contribution in [0.3, 0.4) is 0 Å². The largest absolute Gasteiger partial charge is 0.310 e. The van der Waals surface area contributed by atoms with Crippen LogP contribution in [0.15, 0.2) is 156 Å². The second-order valence-electron chi connectivity index (χ2n) is 11.1. The molecule has 0 N–H and O–H groups in total. The van der Waals surface area contributed by atoms with Crippen molar-refractivity contribution >= 4 is 97.1 Å². The molecule has 208 valence electrons. The Labute approximate surface area is 267 Å². The van der Waals surface area contributed by atoms with Crippen molar-refractivity contribution in [2.45, 2.75) is 0 Å². The summed E-state index contributed by atoms with van der Waals surface area (Å²) in [5.74, 6) is 0. The van der Waals surface area contributed by atoms with Crippen LogP contribution in [-0.2, 0) is 0 Å². The first-order chi connectivity index (χ1) is 21.7. The van der Waals surface area contributed by atoms with Crippen LogP contribution >= 0.6 is 27.3 Å². The molecule has 0 fully saturated rings. The number of halogens is 1. The van der Waals surface area contributed by atoms with E-state index in [-0.39, 0.29) is 0 Å². The predicted octanol–water partition coefficient (Wildman–Crippen LogP) is 12.5. The Morgan fingerprint density at radius 1 is 0.500 bits per heavy atom. The second kappa shape index (κ2) is 10.1. The minimum Gasteiger partial charge on any atom is -0.310 e. The van der Waals surface area contributed by atoms with Crippen LogP contribution in [0.5, 0.6) is 0 Å². The second-order valence-corrected chi connectivity index (χ2v) is 13.1. The highest BCUT2D eigenvalue weighted by molar-refractivity contribution is 9.10. The number of anilines is 3. The van der Waals surface area contributed by atoms with Gasteiger partial charge in [0.2, 0.25) is 0 Å². The highest BCUT2D eigenvalue weighted by Crippen LogP contribution is 2.43. The molecule has 0 aliphatic heterocycles. The number of benzene rings is 7. The van der Waals surface area contributed by atoms with Gasteiger partial charge in [-0.05, 0) is 78.2 Å². The monoisotopic (exact) mass is 644 g/mol. The van der Waals surface area contributed by atoms with E-state index >= 15 is 0 Å². The minimum atomic E-state index is 1.11. The minimum absolute atomic E-state index is 1.11. The first-order valence-electron chi connectivity index (χ1n) is 14.7. The van der Waals surface area contributed by atoms with Crippen molar-refractivity contribution in [1.29, 1.82) is 0 Å². The molecule has 2 heterocycles. The lowest BCUT2D eigenvalue weighted by atomic mass is 10.1. The Kier molecular flexibility index (Phi) is 5.87. The number of nitrogens with zero attached hydrogens (tertiary/aromatic N) is 2. The maximum atomic E-state index is 3.82. The van der Waals surface area contributed by atoms with Crippen LogP contribution in [0.1, 0.15) is 0 Å². The fourth-order valence-corrected chi connectivity index (χ4v) is 8.34. The third kappa shape index (κ3) is 3.92. The third-order valence-electron chi connectivity index (χ3n) is 8.64. The summed E-state index contributed by atoms with van der Waals surface area (Å²) in [7, 11) is 0. The topological polar surface area (TPSA) is 8.17 Å². The molecule has 7 aromatic carbocycles. The van der Waals surface area contributed by atoms with E-state index in [9.17, 15) is 0 Å². The summed E-state index contributed by atoms with van der Waals surface area (Å²) >= 11 is 5.67. The summed E-state index contributed by atoms with van der Waals surface area (Å²) in [5.41, 5.74) is 6.94. The Morgan fingerprint density at radius 3 is 2.05 bits per heavy atom. The van der Waals surface area contributed by atoms with Gasteiger partial charge >= 0.3 is 0 Å². The van der Waals surface area contributed by atoms with Gasteiger partial charge in [0.15, 0.2) is 0 Å². The number of thiophene rings is 1. The quantitative estimate of drug-likeness (QED) is 0.185. The van der Waals surface area contributed by atoms with Crippen LogP contribution in [0.25, 0.3) is 58.4 Å². The molecule has 2 nitrogen and oxygen atoms in total. The average Bonchev–Trinajstić information content (AvgIpc) is 3.62. The molecule has 9 rings (SSSR count). The zero-order valence-electron chi connectivity index (χ0n) is 23.6. The number of fused-ring (bicyclic) bond motifs is 7. The van der Waals surface area contributed by atoms with E-state index in [4.69, 9.17) is 0 Å². The maximum Gasteiger partial charge on any atom is 0.0552 e. The summed E-state index contributed by atoms with van der Waals surface area (Å²) in [6.07, 6.45) is 0. The fraction of sp³-hybridized carbons (Fsp3) is 0. The van der Waals surface area contributed by atoms with Gasteiger partial charge in [0, 0.05) is 57.9 Å². The van der Waals surface area contributed by atoms with E-state index in [2.05, 4.69) is 177 Å². The van der Waals surface area contributed by atoms with Crippen molar-refractivity contribution in [1.82, 2.24) is 4.57 Å². The molecule has 2 aromatic heterocycles. The van der Waals surface area contributed by atoms with Crippen molar-refractivity contribution < 1.29 is 0 Å². The zero-order chi connectivity index (χ0) is 29.2. The molecule has 0 unspecified atom stereocenters. The summed E-state index contributed by atoms with van der Waals surface area (Å²) in [5, 5.41) is 7.53. The SMILES string of the molecule is Brc1cccc2c1c1ccccc1n2-c1ccc(N(c2ccc3sc4ccccc4c3c2)c2cccc3ccccc23)cc1. The van der Waals surface area contributed by atoms with Crippen molar-refractivity contribution in [2.75, 3.05) is 4.90 Å². The molecule has 0 bridgehead atoms. The maximum absolute atomic E-state index is 3.82. The Bertz CT molecular complexity index is 2520. The number of hydrogen-bond donors (Lipinski definition) is 0. The molecule has 44 heavy (non-hydrogen) atoms. The highest BCUT2D eigenvalue weighted by Gasteiger charge is 2.18. The van der Waals surface area contributed by atoms with Gasteiger partial charge in [0.1, 0.15) is 0 Å². The molecule has 0 aliphatic rings. The van der Waals surface area contributed by atoms with Crippen LogP contribution in [0.2, 0.25) is 0 Å². The molecule has 0 amide bonds. The molecule has 0 atom stereocenters. The Balaban J connectivity index is 1.26. The predicted molar refractivity (Wildman–Crippen MR) is 194 cm³/mol. The molecule has 0 spiro atoms. The van der Waals surface area contributed by atoms with Crippen LogP contribution in [-0.4, -0.2) is 4.57 Å². The number of para-hydroxylation sites is 1. The lowest BCUT2D eigenvalue weighted by molar-refractivity contribution is 1.17. The van der Waals surface area contributed by atoms with Crippen LogP contribution in [0, 0.1) is 0 Å². The molecule has 9 aromatic rings. The lowest BCUT2D eigenvalue weighted by Gasteiger charge is -2.27. The molecule has 4 heteroatoms. The first kappa shape index (κ1) is 25.6. The normalized spacial score (nSPS) is 11.8. The molecular formula is C40H25BrN2S. The van der Waals surface area contributed by atoms with Crippen LogP contribution < -0.4 is 4.90 Å². The number of hydrogen-bond acceptors (Lipinski definition) is 2. The highest BCUT2D eigenvalue weighted by atomic mass is 79.9. The van der Waals surface area contributed by atoms with E-state index in [1.54, 1.807) is 0 Å². The van der Waals surface area contributed by atoms with E-state index in [1.165, 1.54) is 52.8 Å². The van der Waals surface area contributed by atoms with Gasteiger partial charge in [0.25, 0.3) is 0 Å². The van der Waals surface area contributed by atoms with Gasteiger partial charge in [-0.25, -0.2) is 0 Å². The fourth-order valence-electron chi connectivity index (χ4n) is 6.69. The van der Waals surface area contributed by atoms with Crippen molar-refractivity contribution in [3.63, 3.8) is 0 Å². The molecule has 0 saturated carbocycles. The standard InChI is InChI=1S/C40H25BrN2S/c41-34-14-8-17-37-40(34)32-13-3-5-15-36(32)43(37)28-21-19-27(20-22-28)42(35-16-7-10-26-9-1-2-11-30(26)35)29-23-24-39-33(25-29)31-12-4-6-18-38(31)44-39/h1-25H. The smallest absolute Gasteiger partial charge is 0.0552 e. The summed E-state index contributed by atoms with van der Waals surface area (Å²) in [4.78, 5) is 2.40. The molecule has 0 aliphatic carbocycles. The summed E-state index contributed by atoms with van der Waals surface area (Å²) in [6, 6.07) is 54.9. The van der Waals surface area contributed by atoms with Gasteiger partial charge in [-0.1, -0.05) is 94.8 Å². The zero-order valence-corrected chi connectivity index (χ0v) is 26.0. The van der Waals surface area contributed by atoms with Gasteiger partial charge in [-0.3, -0.25) is 0 Å². The van der Waals surface area contributed by atoms with Crippen molar-refractivity contribution in [3.8, 4) is 5.69 Å². The number of aromatic nitrogens is 1. The first-order valence-corrected chi connectivity index (χ1v) is 16.3. The summed E-state index contributed by atoms with van der Waals surface area (Å²) < 4.78 is 6.10. The van der Waals surface area contributed by atoms with Crippen molar-refractivity contribution in [2.24, 2.45) is 0 Å². The van der Waals surface area contributed by atoms with Crippen molar-refractivity contribution in [3.05, 3.63) is 156 Å². The van der Waals surface area contributed by atoms with Gasteiger partial charge in [-0.15, -0.1) is 11.3 Å². The Hall–Kier alpha value is -4.90. The average molecular weight is 646 g/mol. The van der Waals surface area contributed by atoms with Gasteiger partial charge in [-0.2, -0.15) is 0 Å². The third-order valence-corrected chi connectivity index (χ3v) is 10.5. The Morgan fingerprint density at radius 2 is 1.16 bits per heavy atom. The summed E-state index contributed by atoms with van der Waals surface area (Å²) in [6.45, 7) is 0. The van der Waals surface area contributed by atoms with Crippen LogP contribution in [0.4, 0.5) is 17.1 Å². The van der Waals surface area contributed by atoms with Gasteiger partial charge in [0.05, 0.1) is 16.7 Å². The van der Waals surface area contributed by atoms with E-state index in [1.807, 2.05) is 11.3 Å². The van der Waals surface area contributed by atoms with Gasteiger partial charge < -0.3 is 9.47 Å². The van der Waals surface area contributed by atoms with E-state index in [0.29, 0.717) is 0 Å². The lowest BCUT2D eigenvalue weighted by Crippen LogP contribution is -2.10. The van der Waals surface area contributed by atoms with E-state index < -0.39 is 0 Å². The molecular weight excluding hydrogens is 620 g/mol.